The summed E-state index contributed by atoms with van der Waals surface area (Å²) in [6, 6.07) is 7.04. The van der Waals surface area contributed by atoms with Crippen molar-refractivity contribution in [3.05, 3.63) is 24.3 Å². The molecule has 1 rings (SSSR count). The number of benzene rings is 1. The first-order chi connectivity index (χ1) is 9.17. The molecule has 0 bridgehead atoms. The van der Waals surface area contributed by atoms with Crippen molar-refractivity contribution >= 4 is 6.03 Å². The molecule has 0 fully saturated rings. The smallest absolute Gasteiger partial charge is 0.315 e. The van der Waals surface area contributed by atoms with Gasteiger partial charge in [0.15, 0.2) is 11.5 Å². The third-order valence-electron chi connectivity index (χ3n) is 2.30. The van der Waals surface area contributed by atoms with Crippen molar-refractivity contribution in [2.45, 2.75) is 13.0 Å². The minimum atomic E-state index is -0.312. The molecule has 2 amide bonds. The molecule has 5 nitrogen and oxygen atoms in total. The third-order valence-corrected chi connectivity index (χ3v) is 2.30. The van der Waals surface area contributed by atoms with E-state index in [0.29, 0.717) is 18.0 Å². The zero-order chi connectivity index (χ0) is 14.1. The van der Waals surface area contributed by atoms with E-state index in [-0.39, 0.29) is 18.7 Å². The number of urea groups is 1. The van der Waals surface area contributed by atoms with Gasteiger partial charge in [-0.3, -0.25) is 0 Å². The van der Waals surface area contributed by atoms with E-state index in [2.05, 4.69) is 16.6 Å². The fourth-order valence-electron chi connectivity index (χ4n) is 1.40. The average molecular weight is 262 g/mol. The lowest BCUT2D eigenvalue weighted by Gasteiger charge is -2.17. The molecule has 19 heavy (non-hydrogen) atoms. The second-order valence-electron chi connectivity index (χ2n) is 3.85. The molecule has 0 aliphatic carbocycles. The Morgan fingerprint density at radius 1 is 1.37 bits per heavy atom. The Morgan fingerprint density at radius 2 is 2.05 bits per heavy atom. The van der Waals surface area contributed by atoms with Gasteiger partial charge in [-0.05, 0) is 19.1 Å². The topological polar surface area (TPSA) is 59.6 Å². The normalized spacial score (nSPS) is 11.0. The highest BCUT2D eigenvalue weighted by molar-refractivity contribution is 5.74. The number of methoxy groups -OCH3 is 1. The van der Waals surface area contributed by atoms with Crippen molar-refractivity contribution < 1.29 is 14.3 Å². The molecule has 0 aliphatic heterocycles. The monoisotopic (exact) mass is 262 g/mol. The largest absolute Gasteiger partial charge is 0.493 e. The van der Waals surface area contributed by atoms with E-state index in [0.717, 1.165) is 0 Å². The van der Waals surface area contributed by atoms with E-state index < -0.39 is 0 Å². The Balaban J connectivity index is 2.41. The molecule has 0 saturated carbocycles. The lowest BCUT2D eigenvalue weighted by Crippen LogP contribution is -2.40. The maximum absolute atomic E-state index is 11.3. The molecule has 0 radical (unpaired) electrons. The summed E-state index contributed by atoms with van der Waals surface area (Å²) in [6.07, 6.45) is 4.85. The van der Waals surface area contributed by atoms with Crippen LogP contribution in [0.5, 0.6) is 11.5 Å². The second kappa shape index (κ2) is 7.88. The summed E-state index contributed by atoms with van der Waals surface area (Å²) in [7, 11) is 1.58. The van der Waals surface area contributed by atoms with Crippen LogP contribution in [0.4, 0.5) is 4.79 Å². The van der Waals surface area contributed by atoms with Crippen molar-refractivity contribution in [2.24, 2.45) is 0 Å². The van der Waals surface area contributed by atoms with Crippen LogP contribution < -0.4 is 20.1 Å². The van der Waals surface area contributed by atoms with Gasteiger partial charge in [0.1, 0.15) is 6.10 Å². The lowest BCUT2D eigenvalue weighted by atomic mass is 10.3. The van der Waals surface area contributed by atoms with Crippen molar-refractivity contribution in [2.75, 3.05) is 20.2 Å². The van der Waals surface area contributed by atoms with E-state index in [9.17, 15) is 4.79 Å². The van der Waals surface area contributed by atoms with Gasteiger partial charge < -0.3 is 20.1 Å². The molecule has 1 aromatic carbocycles. The van der Waals surface area contributed by atoms with Crippen molar-refractivity contribution in [3.63, 3.8) is 0 Å². The Bertz CT molecular complexity index is 454. The van der Waals surface area contributed by atoms with Gasteiger partial charge in [0, 0.05) is 0 Å². The molecule has 0 aliphatic rings. The van der Waals surface area contributed by atoms with Gasteiger partial charge in [-0.15, -0.1) is 6.42 Å². The maximum Gasteiger partial charge on any atom is 0.315 e. The number of ether oxygens (including phenoxy) is 2. The summed E-state index contributed by atoms with van der Waals surface area (Å²) in [5.41, 5.74) is 0. The molecule has 0 heterocycles. The Hall–Kier alpha value is -2.35. The fraction of sp³-hybridized carbons (Fsp3) is 0.357. The summed E-state index contributed by atoms with van der Waals surface area (Å²) >= 11 is 0. The summed E-state index contributed by atoms with van der Waals surface area (Å²) < 4.78 is 10.9. The SMILES string of the molecule is C#CCNC(=O)NCC(C)Oc1ccccc1OC. The van der Waals surface area contributed by atoms with E-state index in [4.69, 9.17) is 15.9 Å². The molecular weight excluding hydrogens is 244 g/mol. The number of hydrogen-bond donors (Lipinski definition) is 2. The molecular formula is C14H18N2O3. The van der Waals surface area contributed by atoms with E-state index in [1.54, 1.807) is 7.11 Å². The van der Waals surface area contributed by atoms with Crippen LogP contribution in [0, 0.1) is 12.3 Å². The molecule has 102 valence electrons. The van der Waals surface area contributed by atoms with Gasteiger partial charge in [-0.1, -0.05) is 18.1 Å². The Labute approximate surface area is 113 Å². The number of terminal acetylenes is 1. The number of carbonyl (C=O) groups is 1. The number of nitrogens with one attached hydrogen (secondary N) is 2. The van der Waals surface area contributed by atoms with Crippen molar-refractivity contribution in [3.8, 4) is 23.8 Å². The Morgan fingerprint density at radius 3 is 2.68 bits per heavy atom. The number of rotatable bonds is 6. The quantitative estimate of drug-likeness (QED) is 0.762. The lowest BCUT2D eigenvalue weighted by molar-refractivity contribution is 0.201. The van der Waals surface area contributed by atoms with Gasteiger partial charge in [0.25, 0.3) is 0 Å². The minimum Gasteiger partial charge on any atom is -0.493 e. The van der Waals surface area contributed by atoms with Crippen LogP contribution in [0.15, 0.2) is 24.3 Å². The zero-order valence-corrected chi connectivity index (χ0v) is 11.1. The first-order valence-electron chi connectivity index (χ1n) is 5.92. The van der Waals surface area contributed by atoms with Crippen molar-refractivity contribution in [1.82, 2.24) is 10.6 Å². The van der Waals surface area contributed by atoms with Crippen LogP contribution in [0.25, 0.3) is 0 Å². The van der Waals surface area contributed by atoms with Gasteiger partial charge >= 0.3 is 6.03 Å². The molecule has 0 saturated heterocycles. The van der Waals surface area contributed by atoms with E-state index in [1.165, 1.54) is 0 Å². The predicted octanol–water partition coefficient (Wildman–Crippen LogP) is 1.39. The summed E-state index contributed by atoms with van der Waals surface area (Å²) in [4.78, 5) is 11.3. The standard InChI is InChI=1S/C14H18N2O3/c1-4-9-15-14(17)16-10-11(2)19-13-8-6-5-7-12(13)18-3/h1,5-8,11H,9-10H2,2-3H3,(H2,15,16,17). The molecule has 0 aromatic heterocycles. The third kappa shape index (κ3) is 5.21. The highest BCUT2D eigenvalue weighted by Gasteiger charge is 2.09. The first-order valence-corrected chi connectivity index (χ1v) is 5.92. The second-order valence-corrected chi connectivity index (χ2v) is 3.85. The van der Waals surface area contributed by atoms with Crippen LogP contribution >= 0.6 is 0 Å². The summed E-state index contributed by atoms with van der Waals surface area (Å²) in [6.45, 7) is 2.43. The van der Waals surface area contributed by atoms with Gasteiger partial charge in [-0.25, -0.2) is 4.79 Å². The van der Waals surface area contributed by atoms with E-state index >= 15 is 0 Å². The average Bonchev–Trinajstić information content (AvgIpc) is 2.43. The number of amides is 2. The minimum absolute atomic E-state index is 0.187. The molecule has 1 atom stereocenters. The van der Waals surface area contributed by atoms with Crippen LogP contribution in [0.2, 0.25) is 0 Å². The molecule has 0 spiro atoms. The summed E-state index contributed by atoms with van der Waals surface area (Å²) in [5, 5.41) is 5.17. The van der Waals surface area contributed by atoms with Crippen LogP contribution in [-0.2, 0) is 0 Å². The summed E-state index contributed by atoms with van der Waals surface area (Å²) in [5.74, 6) is 3.62. The van der Waals surface area contributed by atoms with Crippen molar-refractivity contribution in [1.29, 1.82) is 0 Å². The number of para-hydroxylation sites is 2. The van der Waals surface area contributed by atoms with E-state index in [1.807, 2.05) is 31.2 Å². The highest BCUT2D eigenvalue weighted by atomic mass is 16.5. The van der Waals surface area contributed by atoms with Gasteiger partial charge in [0.05, 0.1) is 20.2 Å². The molecule has 1 unspecified atom stereocenters. The fourth-order valence-corrected chi connectivity index (χ4v) is 1.40. The Kier molecular flexibility index (Phi) is 6.10. The predicted molar refractivity (Wildman–Crippen MR) is 73.3 cm³/mol. The van der Waals surface area contributed by atoms with Crippen LogP contribution in [0.1, 0.15) is 6.92 Å². The number of carbonyl (C=O) groups excluding carboxylic acids is 1. The number of hydrogen-bond acceptors (Lipinski definition) is 3. The van der Waals surface area contributed by atoms with Gasteiger partial charge in [0.2, 0.25) is 0 Å². The van der Waals surface area contributed by atoms with Crippen LogP contribution in [0.3, 0.4) is 0 Å². The highest BCUT2D eigenvalue weighted by Crippen LogP contribution is 2.26. The molecule has 2 N–H and O–H groups in total. The first kappa shape index (κ1) is 14.7. The maximum atomic E-state index is 11.3. The zero-order valence-electron chi connectivity index (χ0n) is 11.1. The molecule has 1 aromatic rings. The van der Waals surface area contributed by atoms with Crippen LogP contribution in [-0.4, -0.2) is 32.3 Å². The molecule has 5 heteroatoms. The van der Waals surface area contributed by atoms with Gasteiger partial charge in [-0.2, -0.15) is 0 Å².